The van der Waals surface area contributed by atoms with E-state index < -0.39 is 0 Å². The first-order valence-electron chi connectivity index (χ1n) is 6.44. The average molecular weight is 261 g/mol. The molecule has 0 N–H and O–H groups in total. The average Bonchev–Trinajstić information content (AvgIpc) is 2.77. The Balaban J connectivity index is 1.83. The van der Waals surface area contributed by atoms with Crippen molar-refractivity contribution in [1.82, 2.24) is 24.1 Å². The van der Waals surface area contributed by atoms with E-state index in [-0.39, 0.29) is 18.1 Å². The third-order valence-electron chi connectivity index (χ3n) is 3.36. The van der Waals surface area contributed by atoms with Crippen molar-refractivity contribution in [3.8, 4) is 0 Å². The van der Waals surface area contributed by atoms with Crippen LogP contribution in [0.2, 0.25) is 0 Å². The normalized spacial score (nSPS) is 15.9. The zero-order chi connectivity index (χ0) is 13.2. The van der Waals surface area contributed by atoms with Crippen LogP contribution in [0.25, 0.3) is 5.78 Å². The van der Waals surface area contributed by atoms with Gasteiger partial charge in [-0.05, 0) is 25.3 Å². The van der Waals surface area contributed by atoms with Crippen molar-refractivity contribution in [2.75, 3.05) is 13.1 Å². The number of nitrogens with zero attached hydrogens (tertiary/aromatic N) is 5. The Kier molecular flexibility index (Phi) is 3.02. The molecule has 100 valence electrons. The molecule has 1 fully saturated rings. The van der Waals surface area contributed by atoms with Crippen molar-refractivity contribution >= 4 is 11.7 Å². The van der Waals surface area contributed by atoms with Crippen LogP contribution in [-0.2, 0) is 11.3 Å². The molecule has 0 radical (unpaired) electrons. The van der Waals surface area contributed by atoms with E-state index in [1.165, 1.54) is 15.5 Å². The highest BCUT2D eigenvalue weighted by Crippen LogP contribution is 2.08. The second kappa shape index (κ2) is 4.83. The zero-order valence-corrected chi connectivity index (χ0v) is 10.5. The Morgan fingerprint density at radius 1 is 1.26 bits per heavy atom. The molecule has 3 heterocycles. The Morgan fingerprint density at radius 2 is 2.05 bits per heavy atom. The van der Waals surface area contributed by atoms with Crippen molar-refractivity contribution in [2.45, 2.75) is 25.8 Å². The fraction of sp³-hybridized carbons (Fsp3) is 0.500. The van der Waals surface area contributed by atoms with E-state index >= 15 is 0 Å². The van der Waals surface area contributed by atoms with Crippen molar-refractivity contribution < 1.29 is 4.79 Å². The number of fused-ring (bicyclic) bond motifs is 1. The lowest BCUT2D eigenvalue weighted by molar-refractivity contribution is -0.132. The van der Waals surface area contributed by atoms with Crippen molar-refractivity contribution in [2.24, 2.45) is 0 Å². The minimum absolute atomic E-state index is 0.0117. The molecule has 0 bridgehead atoms. The second-order valence-electron chi connectivity index (χ2n) is 4.67. The summed E-state index contributed by atoms with van der Waals surface area (Å²) in [7, 11) is 0. The molecular weight excluding hydrogens is 246 g/mol. The maximum absolute atomic E-state index is 12.1. The van der Waals surface area contributed by atoms with Gasteiger partial charge in [0.2, 0.25) is 5.91 Å². The summed E-state index contributed by atoms with van der Waals surface area (Å²) in [6, 6.07) is 1.66. The number of amides is 1. The van der Waals surface area contributed by atoms with Crippen molar-refractivity contribution in [3.05, 3.63) is 28.9 Å². The summed E-state index contributed by atoms with van der Waals surface area (Å²) >= 11 is 0. The molecule has 0 unspecified atom stereocenters. The van der Waals surface area contributed by atoms with Crippen LogP contribution in [0.5, 0.6) is 0 Å². The summed E-state index contributed by atoms with van der Waals surface area (Å²) in [6.45, 7) is 1.54. The van der Waals surface area contributed by atoms with Crippen LogP contribution in [0.4, 0.5) is 0 Å². The monoisotopic (exact) mass is 261 g/mol. The molecule has 0 atom stereocenters. The number of aromatic nitrogens is 4. The van der Waals surface area contributed by atoms with Crippen LogP contribution in [0, 0.1) is 0 Å². The Bertz CT molecular complexity index is 653. The summed E-state index contributed by atoms with van der Waals surface area (Å²) in [5.41, 5.74) is -0.326. The van der Waals surface area contributed by atoms with Crippen molar-refractivity contribution in [3.63, 3.8) is 0 Å². The van der Waals surface area contributed by atoms with Gasteiger partial charge < -0.3 is 4.90 Å². The molecular formula is C12H15N5O2. The lowest BCUT2D eigenvalue weighted by Crippen LogP contribution is -2.39. The maximum atomic E-state index is 12.1. The number of hydrogen-bond acceptors (Lipinski definition) is 4. The van der Waals surface area contributed by atoms with Gasteiger partial charge in [0.1, 0.15) is 6.54 Å². The van der Waals surface area contributed by atoms with Gasteiger partial charge in [0.15, 0.2) is 0 Å². The highest BCUT2D eigenvalue weighted by atomic mass is 16.2. The van der Waals surface area contributed by atoms with E-state index in [1.54, 1.807) is 23.4 Å². The third-order valence-corrected chi connectivity index (χ3v) is 3.36. The molecule has 0 aromatic carbocycles. The molecule has 7 nitrogen and oxygen atoms in total. The fourth-order valence-electron chi connectivity index (χ4n) is 2.34. The molecule has 1 amide bonds. The van der Waals surface area contributed by atoms with Crippen molar-refractivity contribution in [1.29, 1.82) is 0 Å². The van der Waals surface area contributed by atoms with Gasteiger partial charge >= 0.3 is 5.69 Å². The Morgan fingerprint density at radius 3 is 2.79 bits per heavy atom. The van der Waals surface area contributed by atoms with Crippen LogP contribution in [0.15, 0.2) is 23.3 Å². The smallest absolute Gasteiger partial charge is 0.341 e. The molecule has 0 aliphatic carbocycles. The van der Waals surface area contributed by atoms with Gasteiger partial charge in [0.05, 0.1) is 0 Å². The predicted molar refractivity (Wildman–Crippen MR) is 67.7 cm³/mol. The molecule has 1 aliphatic heterocycles. The summed E-state index contributed by atoms with van der Waals surface area (Å²) in [6.07, 6.45) is 6.40. The first-order chi connectivity index (χ1) is 9.25. The topological polar surface area (TPSA) is 72.5 Å². The zero-order valence-electron chi connectivity index (χ0n) is 10.5. The van der Waals surface area contributed by atoms with E-state index in [0.29, 0.717) is 5.78 Å². The lowest BCUT2D eigenvalue weighted by Gasteiger charge is -2.26. The second-order valence-corrected chi connectivity index (χ2v) is 4.67. The highest BCUT2D eigenvalue weighted by molar-refractivity contribution is 5.76. The largest absolute Gasteiger partial charge is 0.352 e. The summed E-state index contributed by atoms with van der Waals surface area (Å²) < 4.78 is 2.52. The van der Waals surface area contributed by atoms with E-state index in [9.17, 15) is 9.59 Å². The number of carbonyl (C=O) groups is 1. The number of piperidine rings is 1. The molecule has 19 heavy (non-hydrogen) atoms. The summed E-state index contributed by atoms with van der Waals surface area (Å²) in [5.74, 6) is 0.268. The number of rotatable bonds is 2. The molecule has 0 saturated carbocycles. The quantitative estimate of drug-likeness (QED) is 0.757. The van der Waals surface area contributed by atoms with E-state index in [2.05, 4.69) is 10.1 Å². The van der Waals surface area contributed by atoms with Gasteiger partial charge in [0.25, 0.3) is 5.78 Å². The first kappa shape index (κ1) is 11.9. The highest BCUT2D eigenvalue weighted by Gasteiger charge is 2.18. The van der Waals surface area contributed by atoms with Crippen LogP contribution in [0.3, 0.4) is 0 Å². The third kappa shape index (κ3) is 2.23. The van der Waals surface area contributed by atoms with Crippen LogP contribution >= 0.6 is 0 Å². The van der Waals surface area contributed by atoms with Crippen LogP contribution < -0.4 is 5.69 Å². The standard InChI is InChI=1S/C12H15N5O2/c18-10(15-6-2-1-3-7-15)9-17-12(19)16-8-4-5-13-11(16)14-17/h4-5,8H,1-3,6-7,9H2. The van der Waals surface area contributed by atoms with Gasteiger partial charge in [-0.2, -0.15) is 0 Å². The van der Waals surface area contributed by atoms with Crippen LogP contribution in [0.1, 0.15) is 19.3 Å². The maximum Gasteiger partial charge on any atom is 0.352 e. The van der Waals surface area contributed by atoms with E-state index in [0.717, 1.165) is 25.9 Å². The van der Waals surface area contributed by atoms with Gasteiger partial charge in [0, 0.05) is 25.5 Å². The molecule has 0 spiro atoms. The molecule has 2 aromatic heterocycles. The van der Waals surface area contributed by atoms with Gasteiger partial charge in [-0.15, -0.1) is 5.10 Å². The molecule has 3 rings (SSSR count). The molecule has 2 aromatic rings. The van der Waals surface area contributed by atoms with E-state index in [1.807, 2.05) is 0 Å². The number of hydrogen-bond donors (Lipinski definition) is 0. The summed E-state index contributed by atoms with van der Waals surface area (Å²) in [4.78, 5) is 29.9. The Labute approximate surface area is 109 Å². The SMILES string of the molecule is O=C(Cn1nc2ncccn2c1=O)N1CCCCC1. The molecule has 7 heteroatoms. The summed E-state index contributed by atoms with van der Waals surface area (Å²) in [5, 5.41) is 4.06. The van der Waals surface area contributed by atoms with Gasteiger partial charge in [-0.25, -0.2) is 18.9 Å². The van der Waals surface area contributed by atoms with Gasteiger partial charge in [-0.1, -0.05) is 0 Å². The minimum atomic E-state index is -0.326. The molecule has 1 saturated heterocycles. The predicted octanol–water partition coefficient (Wildman–Crippen LogP) is -0.0965. The van der Waals surface area contributed by atoms with E-state index in [4.69, 9.17) is 0 Å². The lowest BCUT2D eigenvalue weighted by atomic mass is 10.1. The number of likely N-dealkylation sites (tertiary alicyclic amines) is 1. The minimum Gasteiger partial charge on any atom is -0.341 e. The Hall–Kier alpha value is -2.18. The number of carbonyl (C=O) groups excluding carboxylic acids is 1. The molecule has 1 aliphatic rings. The first-order valence-corrected chi connectivity index (χ1v) is 6.44. The van der Waals surface area contributed by atoms with Crippen LogP contribution in [-0.4, -0.2) is 43.1 Å². The van der Waals surface area contributed by atoms with Gasteiger partial charge in [-0.3, -0.25) is 4.79 Å². The fourth-order valence-corrected chi connectivity index (χ4v) is 2.34.